The van der Waals surface area contributed by atoms with Gasteiger partial charge in [0.1, 0.15) is 6.04 Å². The van der Waals surface area contributed by atoms with Crippen molar-refractivity contribution in [3.05, 3.63) is 63.2 Å². The Balaban J connectivity index is 1.27. The van der Waals surface area contributed by atoms with Crippen LogP contribution in [0.4, 0.5) is 0 Å². The highest BCUT2D eigenvalue weighted by Crippen LogP contribution is 2.32. The van der Waals surface area contributed by atoms with Crippen LogP contribution >= 0.6 is 11.6 Å². The van der Waals surface area contributed by atoms with Gasteiger partial charge in [-0.25, -0.2) is 8.42 Å². The van der Waals surface area contributed by atoms with Crippen LogP contribution in [0.3, 0.4) is 0 Å². The fourth-order valence-corrected chi connectivity index (χ4v) is 8.15. The van der Waals surface area contributed by atoms with E-state index in [0.717, 1.165) is 61.7 Å². The zero-order valence-corrected chi connectivity index (χ0v) is 25.2. The van der Waals surface area contributed by atoms with Gasteiger partial charge in [-0.3, -0.25) is 9.59 Å². The zero-order valence-electron chi connectivity index (χ0n) is 23.7. The van der Waals surface area contributed by atoms with E-state index in [2.05, 4.69) is 34.1 Å². The Morgan fingerprint density at radius 1 is 1.12 bits per heavy atom. The number of hydrogen-bond donors (Lipinski definition) is 3. The molecule has 0 aromatic heterocycles. The number of carbonyl (C=O) groups excluding carboxylic acids is 2. The Bertz CT molecular complexity index is 1410. The van der Waals surface area contributed by atoms with E-state index in [1.807, 2.05) is 0 Å². The second-order valence-corrected chi connectivity index (χ2v) is 13.6. The van der Waals surface area contributed by atoms with E-state index < -0.39 is 22.0 Å². The summed E-state index contributed by atoms with van der Waals surface area (Å²) in [6, 6.07) is 8.72. The van der Waals surface area contributed by atoms with Gasteiger partial charge in [-0.05, 0) is 85.9 Å². The third-order valence-corrected chi connectivity index (χ3v) is 10.8. The first-order chi connectivity index (χ1) is 19.6. The molecule has 5 rings (SSSR count). The summed E-state index contributed by atoms with van der Waals surface area (Å²) < 4.78 is 34.0. The molecule has 0 radical (unpaired) electrons. The molecule has 1 unspecified atom stereocenters. The number of sulfonamides is 1. The largest absolute Gasteiger partial charge is 0.381 e. The number of ether oxygens (including phenoxy) is 1. The molecule has 2 aliphatic heterocycles. The van der Waals surface area contributed by atoms with Gasteiger partial charge in [0.05, 0.1) is 17.4 Å². The highest BCUT2D eigenvalue weighted by atomic mass is 35.5. The normalized spacial score (nSPS) is 22.2. The molecule has 2 atom stereocenters. The molecule has 2 aromatic carbocycles. The van der Waals surface area contributed by atoms with Gasteiger partial charge < -0.3 is 20.7 Å². The first-order valence-electron chi connectivity index (χ1n) is 14.4. The average molecular weight is 603 g/mol. The number of carbonyl (C=O) groups is 2. The smallest absolute Gasteiger partial charge is 0.244 e. The van der Waals surface area contributed by atoms with Crippen molar-refractivity contribution in [1.82, 2.24) is 20.3 Å². The van der Waals surface area contributed by atoms with Crippen molar-refractivity contribution in [3.63, 3.8) is 0 Å². The van der Waals surface area contributed by atoms with Crippen molar-refractivity contribution >= 4 is 33.4 Å². The highest BCUT2D eigenvalue weighted by Gasteiger charge is 2.40. The van der Waals surface area contributed by atoms with Crippen LogP contribution in [0.25, 0.3) is 0 Å². The van der Waals surface area contributed by atoms with Crippen LogP contribution in [-0.4, -0.2) is 62.9 Å². The topological polar surface area (TPSA) is 117 Å². The number of rotatable bonds is 8. The number of nitrogens with zero attached hydrogens (tertiary/aromatic N) is 1. The molecule has 2 aromatic rings. The van der Waals surface area contributed by atoms with E-state index in [9.17, 15) is 18.0 Å². The van der Waals surface area contributed by atoms with E-state index in [0.29, 0.717) is 22.2 Å². The number of halogens is 1. The average Bonchev–Trinajstić information content (AvgIpc) is 2.95. The van der Waals surface area contributed by atoms with E-state index in [-0.39, 0.29) is 36.4 Å². The van der Waals surface area contributed by atoms with Crippen molar-refractivity contribution in [3.8, 4) is 0 Å². The minimum Gasteiger partial charge on any atom is -0.381 e. The summed E-state index contributed by atoms with van der Waals surface area (Å²) in [6.45, 7) is 6.08. The molecule has 41 heavy (non-hydrogen) atoms. The lowest BCUT2D eigenvalue weighted by atomic mass is 9.86. The van der Waals surface area contributed by atoms with Gasteiger partial charge in [0.2, 0.25) is 21.8 Å². The third kappa shape index (κ3) is 6.78. The molecule has 3 aliphatic rings. The van der Waals surface area contributed by atoms with Gasteiger partial charge in [-0.15, -0.1) is 0 Å². The third-order valence-electron chi connectivity index (χ3n) is 8.38. The predicted octanol–water partition coefficient (Wildman–Crippen LogP) is 3.30. The fourth-order valence-electron chi connectivity index (χ4n) is 6.05. The highest BCUT2D eigenvalue weighted by molar-refractivity contribution is 7.89. The number of fused-ring (bicyclic) bond motifs is 1. The summed E-state index contributed by atoms with van der Waals surface area (Å²) in [5.74, 6) is -0.816. The van der Waals surface area contributed by atoms with Gasteiger partial charge in [0, 0.05) is 43.9 Å². The molecule has 0 saturated carbocycles. The Morgan fingerprint density at radius 2 is 1.90 bits per heavy atom. The standard InChI is InChI=1S/C30H39ClN4O5S/c1-19-15-28(20(2)14-25(19)31)41(38,39)35-11-10-32-30(37)27(35)17-29(36)34-26-5-3-4-22-16-21(6-7-24(22)26)18-33-23-8-12-40-13-9-23/h6-7,14-16,23,26-27,33H,3-5,8-13,17-18H2,1-2H3,(H,32,37)(H,34,36)/t26-,27?/m1/s1. The second kappa shape index (κ2) is 12.8. The Labute approximate surface area is 247 Å². The number of benzene rings is 2. The number of piperazine rings is 1. The van der Waals surface area contributed by atoms with Gasteiger partial charge in [0.15, 0.2) is 0 Å². The Morgan fingerprint density at radius 3 is 2.68 bits per heavy atom. The van der Waals surface area contributed by atoms with Crippen LogP contribution in [0.15, 0.2) is 35.2 Å². The van der Waals surface area contributed by atoms with Crippen molar-refractivity contribution in [2.75, 3.05) is 26.3 Å². The molecule has 2 amide bonds. The molecule has 2 saturated heterocycles. The minimum atomic E-state index is -4.04. The molecule has 2 fully saturated rings. The first kappa shape index (κ1) is 30.0. The summed E-state index contributed by atoms with van der Waals surface area (Å²) >= 11 is 6.19. The van der Waals surface area contributed by atoms with Gasteiger partial charge in [-0.2, -0.15) is 4.31 Å². The lowest BCUT2D eigenvalue weighted by molar-refractivity contribution is -0.132. The van der Waals surface area contributed by atoms with E-state index in [1.165, 1.54) is 17.2 Å². The SMILES string of the molecule is Cc1cc(S(=O)(=O)N2CCNC(=O)C2CC(=O)N[C@@H]2CCCc3cc(CNC4CCOCC4)ccc32)c(C)cc1Cl. The maximum absolute atomic E-state index is 13.7. The van der Waals surface area contributed by atoms with Gasteiger partial charge in [-0.1, -0.05) is 29.8 Å². The number of hydrogen-bond acceptors (Lipinski definition) is 6. The molecule has 0 bridgehead atoms. The monoisotopic (exact) mass is 602 g/mol. The molecule has 3 N–H and O–H groups in total. The molecule has 222 valence electrons. The summed E-state index contributed by atoms with van der Waals surface area (Å²) in [5, 5.41) is 9.93. The van der Waals surface area contributed by atoms with E-state index in [4.69, 9.17) is 16.3 Å². The molecule has 0 spiro atoms. The van der Waals surface area contributed by atoms with Crippen molar-refractivity contribution in [2.45, 2.75) is 81.9 Å². The molecule has 9 nitrogen and oxygen atoms in total. The van der Waals surface area contributed by atoms with Crippen LogP contribution in [-0.2, 0) is 37.3 Å². The van der Waals surface area contributed by atoms with Crippen molar-refractivity contribution in [2.24, 2.45) is 0 Å². The fraction of sp³-hybridized carbons (Fsp3) is 0.533. The summed E-state index contributed by atoms with van der Waals surface area (Å²) in [6.07, 6.45) is 4.47. The quantitative estimate of drug-likeness (QED) is 0.427. The summed E-state index contributed by atoms with van der Waals surface area (Å²) in [5.41, 5.74) is 4.65. The molecular formula is C30H39ClN4O5S. The van der Waals surface area contributed by atoms with Crippen molar-refractivity contribution < 1.29 is 22.7 Å². The van der Waals surface area contributed by atoms with Crippen LogP contribution < -0.4 is 16.0 Å². The summed E-state index contributed by atoms with van der Waals surface area (Å²) in [7, 11) is -4.04. The minimum absolute atomic E-state index is 0.0874. The Kier molecular flexibility index (Phi) is 9.35. The lowest BCUT2D eigenvalue weighted by Crippen LogP contribution is -2.58. The van der Waals surface area contributed by atoms with Crippen LogP contribution in [0.5, 0.6) is 0 Å². The van der Waals surface area contributed by atoms with Crippen molar-refractivity contribution in [1.29, 1.82) is 0 Å². The first-order valence-corrected chi connectivity index (χ1v) is 16.2. The molecule has 2 heterocycles. The Hall–Kier alpha value is -2.50. The summed E-state index contributed by atoms with van der Waals surface area (Å²) in [4.78, 5) is 26.3. The molecule has 11 heteroatoms. The predicted molar refractivity (Wildman–Crippen MR) is 157 cm³/mol. The van der Waals surface area contributed by atoms with Gasteiger partial charge in [0.25, 0.3) is 0 Å². The van der Waals surface area contributed by atoms with Crippen LogP contribution in [0, 0.1) is 13.8 Å². The maximum Gasteiger partial charge on any atom is 0.244 e. The number of nitrogens with one attached hydrogen (secondary N) is 3. The second-order valence-electron chi connectivity index (χ2n) is 11.3. The van der Waals surface area contributed by atoms with Crippen LogP contribution in [0.2, 0.25) is 5.02 Å². The van der Waals surface area contributed by atoms with Gasteiger partial charge >= 0.3 is 0 Å². The zero-order chi connectivity index (χ0) is 29.1. The van der Waals surface area contributed by atoms with E-state index in [1.54, 1.807) is 19.9 Å². The number of amides is 2. The number of aryl methyl sites for hydroxylation is 3. The molecular weight excluding hydrogens is 564 g/mol. The van der Waals surface area contributed by atoms with E-state index >= 15 is 0 Å². The lowest BCUT2D eigenvalue weighted by Gasteiger charge is -2.34. The molecule has 1 aliphatic carbocycles. The maximum atomic E-state index is 13.7. The van der Waals surface area contributed by atoms with Crippen LogP contribution in [0.1, 0.15) is 66.0 Å².